The molecule has 0 saturated carbocycles. The first-order chi connectivity index (χ1) is 13.9. The quantitative estimate of drug-likeness (QED) is 0.623. The SMILES string of the molecule is CC(C)N(CC(=O)N(Cc1ccco1)C[C@H]1CCCO1)S(=O)(=O)c1ccccc1. The van der Waals surface area contributed by atoms with E-state index in [1.165, 1.54) is 4.31 Å². The fraction of sp³-hybridized carbons (Fsp3) is 0.476. The molecule has 0 unspecified atom stereocenters. The third-order valence-electron chi connectivity index (χ3n) is 4.94. The summed E-state index contributed by atoms with van der Waals surface area (Å²) in [6.07, 6.45) is 3.38. The normalized spacial score (nSPS) is 17.2. The molecule has 1 amide bonds. The molecule has 1 atom stereocenters. The molecule has 1 aliphatic heterocycles. The summed E-state index contributed by atoms with van der Waals surface area (Å²) in [5.74, 6) is 0.378. The lowest BCUT2D eigenvalue weighted by Gasteiger charge is -2.30. The molecule has 0 N–H and O–H groups in total. The minimum absolute atomic E-state index is 0.0351. The van der Waals surface area contributed by atoms with Gasteiger partial charge in [-0.1, -0.05) is 18.2 Å². The lowest BCUT2D eigenvalue weighted by atomic mass is 10.2. The summed E-state index contributed by atoms with van der Waals surface area (Å²) < 4.78 is 38.5. The van der Waals surface area contributed by atoms with Gasteiger partial charge in [-0.2, -0.15) is 4.31 Å². The predicted molar refractivity (Wildman–Crippen MR) is 109 cm³/mol. The van der Waals surface area contributed by atoms with Crippen LogP contribution in [0.3, 0.4) is 0 Å². The molecule has 2 heterocycles. The number of nitrogens with zero attached hydrogens (tertiary/aromatic N) is 2. The number of ether oxygens (including phenoxy) is 1. The second-order valence-electron chi connectivity index (χ2n) is 7.45. The Morgan fingerprint density at radius 2 is 1.93 bits per heavy atom. The third-order valence-corrected chi connectivity index (χ3v) is 6.98. The van der Waals surface area contributed by atoms with Gasteiger partial charge in [-0.25, -0.2) is 8.42 Å². The number of rotatable bonds is 9. The van der Waals surface area contributed by atoms with E-state index >= 15 is 0 Å². The van der Waals surface area contributed by atoms with E-state index in [-0.39, 0.29) is 36.0 Å². The molecule has 1 saturated heterocycles. The highest BCUT2D eigenvalue weighted by molar-refractivity contribution is 7.89. The zero-order chi connectivity index (χ0) is 20.9. The van der Waals surface area contributed by atoms with E-state index in [1.807, 2.05) is 0 Å². The van der Waals surface area contributed by atoms with E-state index in [4.69, 9.17) is 9.15 Å². The van der Waals surface area contributed by atoms with Crippen LogP contribution in [0.15, 0.2) is 58.0 Å². The molecule has 158 valence electrons. The van der Waals surface area contributed by atoms with Crippen molar-refractivity contribution in [3.63, 3.8) is 0 Å². The molecule has 1 fully saturated rings. The standard InChI is InChI=1S/C21H28N2O5S/c1-17(2)23(29(25,26)20-10-4-3-5-11-20)16-21(24)22(14-18-8-6-12-27-18)15-19-9-7-13-28-19/h3-6,8,10-12,17,19H,7,9,13-16H2,1-2H3/t19-/m1/s1. The maximum Gasteiger partial charge on any atom is 0.243 e. The van der Waals surface area contributed by atoms with Crippen molar-refractivity contribution in [3.05, 3.63) is 54.5 Å². The lowest BCUT2D eigenvalue weighted by Crippen LogP contribution is -2.47. The van der Waals surface area contributed by atoms with Crippen LogP contribution < -0.4 is 0 Å². The Labute approximate surface area is 172 Å². The Kier molecular flexibility index (Phi) is 7.10. The van der Waals surface area contributed by atoms with Crippen molar-refractivity contribution in [2.75, 3.05) is 19.7 Å². The van der Waals surface area contributed by atoms with Gasteiger partial charge in [0.2, 0.25) is 15.9 Å². The van der Waals surface area contributed by atoms with Crippen molar-refractivity contribution in [1.82, 2.24) is 9.21 Å². The molecule has 2 aromatic rings. The molecule has 1 aromatic heterocycles. The first-order valence-corrected chi connectivity index (χ1v) is 11.3. The highest BCUT2D eigenvalue weighted by atomic mass is 32.2. The topological polar surface area (TPSA) is 80.1 Å². The van der Waals surface area contributed by atoms with Gasteiger partial charge in [0, 0.05) is 19.2 Å². The van der Waals surface area contributed by atoms with Crippen LogP contribution in [0.1, 0.15) is 32.4 Å². The van der Waals surface area contributed by atoms with Gasteiger partial charge in [-0.15, -0.1) is 0 Å². The number of sulfonamides is 1. The van der Waals surface area contributed by atoms with Crippen LogP contribution in [0.2, 0.25) is 0 Å². The molecule has 8 heteroatoms. The van der Waals surface area contributed by atoms with Gasteiger partial charge in [0.25, 0.3) is 0 Å². The molecular weight excluding hydrogens is 392 g/mol. The van der Waals surface area contributed by atoms with Crippen molar-refractivity contribution in [2.24, 2.45) is 0 Å². The number of carbonyl (C=O) groups is 1. The molecule has 3 rings (SSSR count). The average molecular weight is 421 g/mol. The second-order valence-corrected chi connectivity index (χ2v) is 9.34. The van der Waals surface area contributed by atoms with Gasteiger partial charge >= 0.3 is 0 Å². The second kappa shape index (κ2) is 9.56. The predicted octanol–water partition coefficient (Wildman–Crippen LogP) is 2.89. The van der Waals surface area contributed by atoms with Gasteiger partial charge in [0.1, 0.15) is 5.76 Å². The summed E-state index contributed by atoms with van der Waals surface area (Å²) in [4.78, 5) is 15.0. The fourth-order valence-electron chi connectivity index (χ4n) is 3.39. The van der Waals surface area contributed by atoms with Crippen molar-refractivity contribution in [3.8, 4) is 0 Å². The maximum atomic E-state index is 13.2. The van der Waals surface area contributed by atoms with Crippen LogP contribution in [0, 0.1) is 0 Å². The number of benzene rings is 1. The molecule has 1 aliphatic rings. The van der Waals surface area contributed by atoms with E-state index in [9.17, 15) is 13.2 Å². The molecule has 7 nitrogen and oxygen atoms in total. The Bertz CT molecular complexity index is 875. The maximum absolute atomic E-state index is 13.2. The molecular formula is C21H28N2O5S. The van der Waals surface area contributed by atoms with Gasteiger partial charge in [0.15, 0.2) is 0 Å². The van der Waals surface area contributed by atoms with Crippen LogP contribution >= 0.6 is 0 Å². The highest BCUT2D eigenvalue weighted by Crippen LogP contribution is 2.20. The van der Waals surface area contributed by atoms with E-state index in [0.717, 1.165) is 12.8 Å². The summed E-state index contributed by atoms with van der Waals surface area (Å²) in [7, 11) is -3.79. The van der Waals surface area contributed by atoms with Crippen LogP contribution in [-0.2, 0) is 26.1 Å². The van der Waals surface area contributed by atoms with E-state index in [1.54, 1.807) is 67.5 Å². The number of hydrogen-bond acceptors (Lipinski definition) is 5. The molecule has 0 aliphatic carbocycles. The molecule has 0 spiro atoms. The summed E-state index contributed by atoms with van der Waals surface area (Å²) in [5.41, 5.74) is 0. The number of furan rings is 1. The van der Waals surface area contributed by atoms with Crippen molar-refractivity contribution in [2.45, 2.75) is 50.3 Å². The summed E-state index contributed by atoms with van der Waals surface area (Å²) in [6.45, 7) is 4.69. The van der Waals surface area contributed by atoms with Gasteiger partial charge in [-0.3, -0.25) is 4.79 Å². The van der Waals surface area contributed by atoms with E-state index in [2.05, 4.69) is 0 Å². The monoisotopic (exact) mass is 420 g/mol. The summed E-state index contributed by atoms with van der Waals surface area (Å²) >= 11 is 0. The van der Waals surface area contributed by atoms with Crippen molar-refractivity contribution >= 4 is 15.9 Å². The number of carbonyl (C=O) groups excluding carboxylic acids is 1. The first kappa shape index (κ1) is 21.5. The van der Waals surface area contributed by atoms with Crippen molar-refractivity contribution < 1.29 is 22.4 Å². The Morgan fingerprint density at radius 3 is 2.52 bits per heavy atom. The highest BCUT2D eigenvalue weighted by Gasteiger charge is 2.32. The number of amides is 1. The fourth-order valence-corrected chi connectivity index (χ4v) is 4.99. The van der Waals surface area contributed by atoms with Crippen LogP contribution in [0.4, 0.5) is 0 Å². The van der Waals surface area contributed by atoms with Gasteiger partial charge < -0.3 is 14.1 Å². The zero-order valence-corrected chi connectivity index (χ0v) is 17.7. The summed E-state index contributed by atoms with van der Waals surface area (Å²) in [5, 5.41) is 0. The zero-order valence-electron chi connectivity index (χ0n) is 16.9. The largest absolute Gasteiger partial charge is 0.467 e. The van der Waals surface area contributed by atoms with Gasteiger partial charge in [-0.05, 0) is 51.0 Å². The van der Waals surface area contributed by atoms with Crippen LogP contribution in [0.5, 0.6) is 0 Å². The van der Waals surface area contributed by atoms with Crippen molar-refractivity contribution in [1.29, 1.82) is 0 Å². The molecule has 1 aromatic carbocycles. The molecule has 0 bridgehead atoms. The minimum Gasteiger partial charge on any atom is -0.467 e. The lowest BCUT2D eigenvalue weighted by molar-refractivity contribution is -0.134. The Hall–Kier alpha value is -2.16. The first-order valence-electron chi connectivity index (χ1n) is 9.86. The van der Waals surface area contributed by atoms with Crippen LogP contribution in [0.25, 0.3) is 0 Å². The molecule has 0 radical (unpaired) electrons. The Balaban J connectivity index is 1.79. The molecule has 29 heavy (non-hydrogen) atoms. The Morgan fingerprint density at radius 1 is 1.17 bits per heavy atom. The van der Waals surface area contributed by atoms with E-state index in [0.29, 0.717) is 18.9 Å². The number of hydrogen-bond donors (Lipinski definition) is 0. The summed E-state index contributed by atoms with van der Waals surface area (Å²) in [6, 6.07) is 11.4. The van der Waals surface area contributed by atoms with Gasteiger partial charge in [0.05, 0.1) is 30.4 Å². The average Bonchev–Trinajstić information content (AvgIpc) is 3.40. The third kappa shape index (κ3) is 5.46. The smallest absolute Gasteiger partial charge is 0.243 e. The minimum atomic E-state index is -3.79. The van der Waals surface area contributed by atoms with E-state index < -0.39 is 10.0 Å². The van der Waals surface area contributed by atoms with Crippen LogP contribution in [-0.4, -0.2) is 55.4 Å².